The smallest absolute Gasteiger partial charge is 0.220 e. The summed E-state index contributed by atoms with van der Waals surface area (Å²) in [5, 5.41) is 86.1. The Kier molecular flexibility index (Phi) is 27.4. The molecule has 0 aromatic rings. The van der Waals surface area contributed by atoms with E-state index >= 15 is 0 Å². The fraction of sp³-hybridized carbons (Fsp3) is 0.976. The van der Waals surface area contributed by atoms with Gasteiger partial charge in [-0.2, -0.15) is 0 Å². The first kappa shape index (κ1) is 50.1. The van der Waals surface area contributed by atoms with Gasteiger partial charge in [-0.25, -0.2) is 0 Å². The third-order valence-corrected chi connectivity index (χ3v) is 11.1. The molecule has 0 aromatic carbocycles. The summed E-state index contributed by atoms with van der Waals surface area (Å²) in [5.41, 5.74) is 0. The van der Waals surface area contributed by atoms with Gasteiger partial charge < -0.3 is 65.1 Å². The highest BCUT2D eigenvalue weighted by Crippen LogP contribution is 2.30. The van der Waals surface area contributed by atoms with Gasteiger partial charge in [0.05, 0.1) is 32.0 Å². The van der Waals surface area contributed by atoms with Crippen molar-refractivity contribution in [3.8, 4) is 0 Å². The third-order valence-electron chi connectivity index (χ3n) is 11.1. The van der Waals surface area contributed by atoms with Crippen LogP contribution in [0, 0.1) is 0 Å². The molecule has 326 valence electrons. The average molecular weight is 794 g/mol. The molecule has 0 radical (unpaired) electrons. The molecular formula is C41H79NO13. The van der Waals surface area contributed by atoms with E-state index in [9.17, 15) is 45.6 Å². The second-order valence-electron chi connectivity index (χ2n) is 15.8. The number of carbonyl (C=O) groups is 1. The number of ether oxygens (including phenoxy) is 4. The maximum absolute atomic E-state index is 13.0. The molecule has 12 atom stereocenters. The quantitative estimate of drug-likeness (QED) is 0.0445. The van der Waals surface area contributed by atoms with Crippen LogP contribution in [0.1, 0.15) is 162 Å². The van der Waals surface area contributed by atoms with Gasteiger partial charge in [0, 0.05) is 6.42 Å². The molecule has 55 heavy (non-hydrogen) atoms. The second-order valence-corrected chi connectivity index (χ2v) is 15.8. The number of hydrogen-bond donors (Lipinski definition) is 9. The maximum Gasteiger partial charge on any atom is 0.220 e. The normalized spacial score (nSPS) is 29.6. The maximum atomic E-state index is 13.0. The van der Waals surface area contributed by atoms with Gasteiger partial charge in [-0.05, 0) is 12.8 Å². The van der Waals surface area contributed by atoms with E-state index in [0.29, 0.717) is 12.8 Å². The predicted octanol–water partition coefficient (Wildman–Crippen LogP) is 3.48. The Labute approximate surface area is 330 Å². The number of aliphatic hydroxyl groups excluding tert-OH is 8. The van der Waals surface area contributed by atoms with Crippen molar-refractivity contribution >= 4 is 5.91 Å². The van der Waals surface area contributed by atoms with E-state index < -0.39 is 86.8 Å². The summed E-state index contributed by atoms with van der Waals surface area (Å²) < 4.78 is 22.6. The van der Waals surface area contributed by atoms with Crippen LogP contribution >= 0.6 is 0 Å². The zero-order valence-electron chi connectivity index (χ0n) is 33.9. The Morgan fingerprint density at radius 3 is 1.55 bits per heavy atom. The molecule has 12 unspecified atom stereocenters. The number of nitrogens with one attached hydrogen (secondary N) is 1. The van der Waals surface area contributed by atoms with Crippen LogP contribution < -0.4 is 5.32 Å². The number of amides is 1. The van der Waals surface area contributed by atoms with Gasteiger partial charge in [-0.1, -0.05) is 142 Å². The lowest BCUT2D eigenvalue weighted by Gasteiger charge is -2.46. The molecular weight excluding hydrogens is 714 g/mol. The molecule has 0 spiro atoms. The summed E-state index contributed by atoms with van der Waals surface area (Å²) in [6.45, 7) is 2.76. The zero-order valence-corrected chi connectivity index (χ0v) is 33.9. The van der Waals surface area contributed by atoms with E-state index in [1.54, 1.807) is 0 Å². The minimum absolute atomic E-state index is 0.211. The van der Waals surface area contributed by atoms with Crippen LogP contribution in [0.4, 0.5) is 0 Å². The predicted molar refractivity (Wildman–Crippen MR) is 208 cm³/mol. The molecule has 9 N–H and O–H groups in total. The van der Waals surface area contributed by atoms with Crippen molar-refractivity contribution in [1.29, 1.82) is 0 Å². The van der Waals surface area contributed by atoms with Gasteiger partial charge in [0.2, 0.25) is 5.91 Å². The van der Waals surface area contributed by atoms with E-state index in [1.807, 2.05) is 0 Å². The Morgan fingerprint density at radius 1 is 0.582 bits per heavy atom. The first-order valence-electron chi connectivity index (χ1n) is 21.8. The van der Waals surface area contributed by atoms with Gasteiger partial charge in [-0.15, -0.1) is 0 Å². The van der Waals surface area contributed by atoms with Crippen LogP contribution in [-0.4, -0.2) is 140 Å². The van der Waals surface area contributed by atoms with Gasteiger partial charge in [0.25, 0.3) is 0 Å². The van der Waals surface area contributed by atoms with E-state index in [1.165, 1.54) is 70.6 Å². The summed E-state index contributed by atoms with van der Waals surface area (Å²) in [7, 11) is 0. The SMILES string of the molecule is CCCCCCCCCCCCCCCCCC(=O)NC(COC1OC(CO)C(OC2OC(CO)C(O)C(O)C2O)C(O)C1O)C(O)CCCCCCCC. The Hall–Kier alpha value is -1.01. The second kappa shape index (κ2) is 30.1. The summed E-state index contributed by atoms with van der Waals surface area (Å²) in [6.07, 6.45) is 8.71. The van der Waals surface area contributed by atoms with Crippen LogP contribution in [0.15, 0.2) is 0 Å². The molecule has 14 nitrogen and oxygen atoms in total. The minimum Gasteiger partial charge on any atom is -0.394 e. The fourth-order valence-corrected chi connectivity index (χ4v) is 7.41. The monoisotopic (exact) mass is 794 g/mol. The van der Waals surface area contributed by atoms with Gasteiger partial charge >= 0.3 is 0 Å². The van der Waals surface area contributed by atoms with Crippen molar-refractivity contribution in [3.05, 3.63) is 0 Å². The lowest BCUT2D eigenvalue weighted by Crippen LogP contribution is -2.65. The number of hydrogen-bond acceptors (Lipinski definition) is 13. The summed E-state index contributed by atoms with van der Waals surface area (Å²) >= 11 is 0. The molecule has 0 saturated carbocycles. The zero-order chi connectivity index (χ0) is 40.4. The van der Waals surface area contributed by atoms with Crippen molar-refractivity contribution in [2.24, 2.45) is 0 Å². The molecule has 0 aliphatic carbocycles. The average Bonchev–Trinajstić information content (AvgIpc) is 3.18. The van der Waals surface area contributed by atoms with E-state index in [2.05, 4.69) is 19.2 Å². The van der Waals surface area contributed by atoms with Gasteiger partial charge in [0.1, 0.15) is 48.8 Å². The summed E-state index contributed by atoms with van der Waals surface area (Å²) in [4.78, 5) is 13.0. The summed E-state index contributed by atoms with van der Waals surface area (Å²) in [5.74, 6) is -0.211. The largest absolute Gasteiger partial charge is 0.394 e. The number of unbranched alkanes of at least 4 members (excludes halogenated alkanes) is 19. The highest BCUT2D eigenvalue weighted by Gasteiger charge is 2.51. The standard InChI is InChI=1S/C41H79NO13/c1-3-5-7-9-11-12-13-14-15-16-17-18-19-21-23-25-33(46)42-29(30(45)24-22-20-10-8-6-4-2)28-52-40-38(51)36(49)39(32(27-44)54-40)55-41-37(50)35(48)34(47)31(26-43)53-41/h29-32,34-41,43-45,47-51H,3-28H2,1-2H3,(H,42,46). The first-order chi connectivity index (χ1) is 26.6. The Balaban J connectivity index is 1.83. The molecule has 1 amide bonds. The van der Waals surface area contributed by atoms with Crippen LogP contribution in [0.2, 0.25) is 0 Å². The highest BCUT2D eigenvalue weighted by molar-refractivity contribution is 5.76. The van der Waals surface area contributed by atoms with Crippen LogP contribution in [0.5, 0.6) is 0 Å². The first-order valence-corrected chi connectivity index (χ1v) is 21.8. The van der Waals surface area contributed by atoms with Crippen LogP contribution in [-0.2, 0) is 23.7 Å². The van der Waals surface area contributed by atoms with E-state index in [-0.39, 0.29) is 12.5 Å². The van der Waals surface area contributed by atoms with Crippen molar-refractivity contribution < 1.29 is 64.6 Å². The van der Waals surface area contributed by atoms with Crippen molar-refractivity contribution in [1.82, 2.24) is 5.32 Å². The van der Waals surface area contributed by atoms with Crippen molar-refractivity contribution in [2.75, 3.05) is 19.8 Å². The third kappa shape index (κ3) is 19.1. The molecule has 2 fully saturated rings. The fourth-order valence-electron chi connectivity index (χ4n) is 7.41. The van der Waals surface area contributed by atoms with Crippen LogP contribution in [0.3, 0.4) is 0 Å². The summed E-state index contributed by atoms with van der Waals surface area (Å²) in [6, 6.07) is -0.817. The number of aliphatic hydroxyl groups is 8. The molecule has 2 rings (SSSR count). The molecule has 0 bridgehead atoms. The van der Waals surface area contributed by atoms with Crippen molar-refractivity contribution in [3.63, 3.8) is 0 Å². The van der Waals surface area contributed by atoms with E-state index in [0.717, 1.165) is 64.2 Å². The minimum atomic E-state index is -1.78. The van der Waals surface area contributed by atoms with Crippen LogP contribution in [0.25, 0.3) is 0 Å². The lowest BCUT2D eigenvalue weighted by atomic mass is 9.97. The molecule has 2 aliphatic rings. The molecule has 2 heterocycles. The highest BCUT2D eigenvalue weighted by atomic mass is 16.7. The van der Waals surface area contributed by atoms with E-state index in [4.69, 9.17) is 18.9 Å². The number of rotatable bonds is 32. The van der Waals surface area contributed by atoms with Crippen molar-refractivity contribution in [2.45, 2.75) is 235 Å². The topological polar surface area (TPSA) is 228 Å². The molecule has 0 aromatic heterocycles. The molecule has 2 aliphatic heterocycles. The lowest BCUT2D eigenvalue weighted by molar-refractivity contribution is -0.359. The van der Waals surface area contributed by atoms with Gasteiger partial charge in [0.15, 0.2) is 12.6 Å². The van der Waals surface area contributed by atoms with Gasteiger partial charge in [-0.3, -0.25) is 4.79 Å². The Bertz CT molecular complexity index is 946. The molecule has 2 saturated heterocycles. The number of carbonyl (C=O) groups excluding carboxylic acids is 1. The molecule has 14 heteroatoms. The Morgan fingerprint density at radius 2 is 1.04 bits per heavy atom.